The van der Waals surface area contributed by atoms with Crippen molar-refractivity contribution in [1.29, 1.82) is 0 Å². The van der Waals surface area contributed by atoms with Crippen molar-refractivity contribution < 1.29 is 19.1 Å². The van der Waals surface area contributed by atoms with Gasteiger partial charge in [-0.15, -0.1) is 0 Å². The van der Waals surface area contributed by atoms with Gasteiger partial charge in [0, 0.05) is 16.9 Å². The van der Waals surface area contributed by atoms with Crippen molar-refractivity contribution in [3.05, 3.63) is 77.0 Å². The summed E-state index contributed by atoms with van der Waals surface area (Å²) in [5.74, 6) is -0.116. The Morgan fingerprint density at radius 2 is 1.68 bits per heavy atom. The Balaban J connectivity index is 2.14. The lowest BCUT2D eigenvalue weighted by molar-refractivity contribution is -0.138. The first-order valence-corrected chi connectivity index (χ1v) is 9.29. The maximum atomic E-state index is 13.3. The van der Waals surface area contributed by atoms with Gasteiger partial charge < -0.3 is 9.47 Å². The van der Waals surface area contributed by atoms with Gasteiger partial charge >= 0.3 is 5.97 Å². The summed E-state index contributed by atoms with van der Waals surface area (Å²) in [5, 5.41) is 0. The fraction of sp³-hybridized carbons (Fsp3) is 0.217. The van der Waals surface area contributed by atoms with Crippen LogP contribution < -0.4 is 9.64 Å². The smallest absolute Gasteiger partial charge is 0.340 e. The molecule has 0 radical (unpaired) electrons. The number of nitrogens with zero attached hydrogens (tertiary/aromatic N) is 1. The molecular weight excluding hydrogens is 354 g/mol. The van der Waals surface area contributed by atoms with E-state index in [1.807, 2.05) is 61.5 Å². The SMILES string of the molecule is CCOC(=O)C1=C(C)N(c2ccccc2)C(=O)/C1=C\c1ccccc1OCC. The standard InChI is InChI=1S/C23H23NO4/c1-4-27-20-14-10-9-11-17(20)15-19-21(23(26)28-5-2)16(3)24(22(19)25)18-12-7-6-8-13-18/h6-15H,4-5H2,1-3H3/b19-15-. The van der Waals surface area contributed by atoms with Gasteiger partial charge in [0.05, 0.1) is 24.4 Å². The zero-order valence-electron chi connectivity index (χ0n) is 16.3. The summed E-state index contributed by atoms with van der Waals surface area (Å²) in [6.07, 6.45) is 1.70. The largest absolute Gasteiger partial charge is 0.493 e. The molecule has 28 heavy (non-hydrogen) atoms. The highest BCUT2D eigenvalue weighted by atomic mass is 16.5. The molecule has 0 saturated heterocycles. The van der Waals surface area contributed by atoms with Gasteiger partial charge in [0.2, 0.25) is 0 Å². The van der Waals surface area contributed by atoms with Gasteiger partial charge in [-0.1, -0.05) is 36.4 Å². The summed E-state index contributed by atoms with van der Waals surface area (Å²) < 4.78 is 10.9. The first kappa shape index (κ1) is 19.4. The lowest BCUT2D eigenvalue weighted by Crippen LogP contribution is -2.24. The number of para-hydroxylation sites is 2. The topological polar surface area (TPSA) is 55.8 Å². The van der Waals surface area contributed by atoms with Gasteiger partial charge in [0.25, 0.3) is 5.91 Å². The van der Waals surface area contributed by atoms with E-state index in [1.54, 1.807) is 24.8 Å². The number of anilines is 1. The molecule has 1 amide bonds. The third-order valence-corrected chi connectivity index (χ3v) is 4.41. The van der Waals surface area contributed by atoms with Crippen LogP contribution in [0.3, 0.4) is 0 Å². The van der Waals surface area contributed by atoms with Crippen LogP contribution in [-0.4, -0.2) is 25.1 Å². The van der Waals surface area contributed by atoms with Gasteiger partial charge in [-0.2, -0.15) is 0 Å². The Kier molecular flexibility index (Phi) is 5.94. The Labute approximate surface area is 164 Å². The molecule has 0 spiro atoms. The van der Waals surface area contributed by atoms with E-state index in [4.69, 9.17) is 9.47 Å². The Hall–Kier alpha value is -3.34. The highest BCUT2D eigenvalue weighted by molar-refractivity contribution is 6.23. The molecule has 0 atom stereocenters. The van der Waals surface area contributed by atoms with Crippen molar-refractivity contribution in [3.63, 3.8) is 0 Å². The number of ether oxygens (including phenoxy) is 2. The molecule has 144 valence electrons. The predicted molar refractivity (Wildman–Crippen MR) is 109 cm³/mol. The van der Waals surface area contributed by atoms with E-state index < -0.39 is 5.97 Å². The summed E-state index contributed by atoms with van der Waals surface area (Å²) in [4.78, 5) is 27.5. The van der Waals surface area contributed by atoms with Crippen LogP contribution in [-0.2, 0) is 14.3 Å². The van der Waals surface area contributed by atoms with E-state index in [-0.39, 0.29) is 18.1 Å². The molecule has 2 aromatic carbocycles. The maximum absolute atomic E-state index is 13.3. The van der Waals surface area contributed by atoms with E-state index in [1.165, 1.54) is 0 Å². The van der Waals surface area contributed by atoms with E-state index in [9.17, 15) is 9.59 Å². The summed E-state index contributed by atoms with van der Waals surface area (Å²) in [6, 6.07) is 16.7. The van der Waals surface area contributed by atoms with Gasteiger partial charge in [0.15, 0.2) is 0 Å². The molecule has 1 aliphatic heterocycles. The number of hydrogen-bond acceptors (Lipinski definition) is 4. The van der Waals surface area contributed by atoms with Crippen LogP contribution in [0.4, 0.5) is 5.69 Å². The summed E-state index contributed by atoms with van der Waals surface area (Å²) in [5.41, 5.74) is 2.56. The second kappa shape index (κ2) is 8.57. The molecule has 0 saturated carbocycles. The molecule has 1 aliphatic rings. The van der Waals surface area contributed by atoms with Crippen molar-refractivity contribution in [2.45, 2.75) is 20.8 Å². The monoisotopic (exact) mass is 377 g/mol. The minimum Gasteiger partial charge on any atom is -0.493 e. The van der Waals surface area contributed by atoms with Gasteiger partial charge in [0.1, 0.15) is 5.75 Å². The zero-order valence-corrected chi connectivity index (χ0v) is 16.3. The normalized spacial score (nSPS) is 15.3. The van der Waals surface area contributed by atoms with Crippen molar-refractivity contribution in [2.75, 3.05) is 18.1 Å². The van der Waals surface area contributed by atoms with Crippen LogP contribution in [0.2, 0.25) is 0 Å². The average molecular weight is 377 g/mol. The highest BCUT2D eigenvalue weighted by Gasteiger charge is 2.38. The first-order valence-electron chi connectivity index (χ1n) is 9.29. The van der Waals surface area contributed by atoms with Crippen molar-refractivity contribution in [1.82, 2.24) is 0 Å². The molecule has 0 unspecified atom stereocenters. The minimum atomic E-state index is -0.507. The van der Waals surface area contributed by atoms with Crippen LogP contribution >= 0.6 is 0 Å². The van der Waals surface area contributed by atoms with Crippen LogP contribution in [0.15, 0.2) is 71.4 Å². The molecule has 5 heteroatoms. The molecule has 0 aromatic heterocycles. The Morgan fingerprint density at radius 3 is 2.36 bits per heavy atom. The highest BCUT2D eigenvalue weighted by Crippen LogP contribution is 2.36. The molecule has 0 bridgehead atoms. The number of benzene rings is 2. The molecule has 0 fully saturated rings. The number of hydrogen-bond donors (Lipinski definition) is 0. The summed E-state index contributed by atoms with van der Waals surface area (Å²) >= 11 is 0. The lowest BCUT2D eigenvalue weighted by atomic mass is 10.0. The van der Waals surface area contributed by atoms with E-state index in [0.29, 0.717) is 29.3 Å². The molecule has 3 rings (SSSR count). The number of carbonyl (C=O) groups is 2. The number of carbonyl (C=O) groups excluding carboxylic acids is 2. The fourth-order valence-electron chi connectivity index (χ4n) is 3.21. The van der Waals surface area contributed by atoms with Crippen LogP contribution in [0.1, 0.15) is 26.3 Å². The van der Waals surface area contributed by atoms with Gasteiger partial charge in [-0.3, -0.25) is 9.69 Å². The van der Waals surface area contributed by atoms with Crippen molar-refractivity contribution >= 4 is 23.6 Å². The maximum Gasteiger partial charge on any atom is 0.340 e. The third-order valence-electron chi connectivity index (χ3n) is 4.41. The predicted octanol–water partition coefficient (Wildman–Crippen LogP) is 4.35. The summed E-state index contributed by atoms with van der Waals surface area (Å²) in [7, 11) is 0. The molecular formula is C23H23NO4. The van der Waals surface area contributed by atoms with E-state index in [2.05, 4.69) is 0 Å². The number of esters is 1. The van der Waals surface area contributed by atoms with Gasteiger partial charge in [-0.25, -0.2) is 4.79 Å². The second-order valence-electron chi connectivity index (χ2n) is 6.19. The molecule has 1 heterocycles. The second-order valence-corrected chi connectivity index (χ2v) is 6.19. The quantitative estimate of drug-likeness (QED) is 0.555. The van der Waals surface area contributed by atoms with E-state index >= 15 is 0 Å². The molecule has 5 nitrogen and oxygen atoms in total. The lowest BCUT2D eigenvalue weighted by Gasteiger charge is -2.17. The van der Waals surface area contributed by atoms with Crippen LogP contribution in [0, 0.1) is 0 Å². The third kappa shape index (κ3) is 3.69. The summed E-state index contributed by atoms with van der Waals surface area (Å²) in [6.45, 7) is 6.14. The van der Waals surface area contributed by atoms with E-state index in [0.717, 1.165) is 5.56 Å². The number of amides is 1. The average Bonchev–Trinajstić information content (AvgIpc) is 2.94. The fourth-order valence-corrected chi connectivity index (χ4v) is 3.21. The molecule has 0 aliphatic carbocycles. The van der Waals surface area contributed by atoms with Gasteiger partial charge in [-0.05, 0) is 45.0 Å². The number of rotatable bonds is 6. The first-order chi connectivity index (χ1) is 13.6. The Morgan fingerprint density at radius 1 is 1.00 bits per heavy atom. The Bertz CT molecular complexity index is 944. The van der Waals surface area contributed by atoms with Crippen molar-refractivity contribution in [3.8, 4) is 5.75 Å². The molecule has 0 N–H and O–H groups in total. The van der Waals surface area contributed by atoms with Crippen LogP contribution in [0.25, 0.3) is 6.08 Å². The number of allylic oxidation sites excluding steroid dienone is 1. The molecule has 2 aromatic rings. The van der Waals surface area contributed by atoms with Crippen molar-refractivity contribution in [2.24, 2.45) is 0 Å². The zero-order chi connectivity index (χ0) is 20.1. The minimum absolute atomic E-state index is 0.234. The van der Waals surface area contributed by atoms with Crippen LogP contribution in [0.5, 0.6) is 5.75 Å².